The smallest absolute Gasteiger partial charge is 0.211 e. The highest BCUT2D eigenvalue weighted by molar-refractivity contribution is 14.1. The minimum Gasteiger partial charge on any atom is -0.253 e. The fourth-order valence-electron chi connectivity index (χ4n) is 1.13. The van der Waals surface area contributed by atoms with E-state index in [-0.39, 0.29) is 0 Å². The van der Waals surface area contributed by atoms with Crippen molar-refractivity contribution >= 4 is 52.6 Å². The summed E-state index contributed by atoms with van der Waals surface area (Å²) in [4.78, 5) is 0. The second-order valence-electron chi connectivity index (χ2n) is 3.28. The van der Waals surface area contributed by atoms with Crippen LogP contribution in [0.2, 0.25) is 0 Å². The highest BCUT2D eigenvalue weighted by Crippen LogP contribution is 2.18. The maximum Gasteiger partial charge on any atom is 0.211 e. The topological polar surface area (TPSA) is 51.2 Å². The van der Waals surface area contributed by atoms with Crippen LogP contribution < -0.4 is 10.8 Å². The van der Waals surface area contributed by atoms with Gasteiger partial charge in [-0.25, -0.2) is 0 Å². The summed E-state index contributed by atoms with van der Waals surface area (Å²) in [6, 6.07) is 0. The first-order valence-corrected chi connectivity index (χ1v) is 6.13. The molecule has 0 spiro atoms. The van der Waals surface area contributed by atoms with Crippen LogP contribution in [0.4, 0.5) is 0 Å². The van der Waals surface area contributed by atoms with Crippen molar-refractivity contribution in [1.29, 1.82) is 0 Å². The van der Waals surface area contributed by atoms with Gasteiger partial charge in [0.1, 0.15) is 0 Å². The van der Waals surface area contributed by atoms with E-state index in [1.54, 1.807) is 0 Å². The van der Waals surface area contributed by atoms with Crippen molar-refractivity contribution in [1.82, 2.24) is 0 Å². The molecular formula is C8H16I2N2+2. The normalized spacial score (nSPS) is 15.3. The fraction of sp³-hybridized carbons (Fsp3) is 0.750. The molecule has 0 aliphatic carbocycles. The van der Waals surface area contributed by atoms with Gasteiger partial charge in [0.2, 0.25) is 7.44 Å². The molecule has 0 aliphatic heterocycles. The molecular weight excluding hydrogens is 378 g/mol. The lowest BCUT2D eigenvalue weighted by molar-refractivity contribution is -0.114. The zero-order valence-electron chi connectivity index (χ0n) is 7.48. The second kappa shape index (κ2) is 6.28. The number of halogens is 2. The monoisotopic (exact) mass is 394 g/mol. The highest BCUT2D eigenvalue weighted by atomic mass is 127. The molecule has 4 N–H and O–H groups in total. The number of hydrogen-bond donors (Lipinski definition) is 2. The zero-order chi connectivity index (χ0) is 9.72. The van der Waals surface area contributed by atoms with Crippen molar-refractivity contribution in [3.8, 4) is 0 Å². The summed E-state index contributed by atoms with van der Waals surface area (Å²) >= 11 is 4.37. The summed E-state index contributed by atoms with van der Waals surface area (Å²) in [5.74, 6) is 1.13. The van der Waals surface area contributed by atoms with Crippen molar-refractivity contribution in [2.75, 3.05) is 0 Å². The van der Waals surface area contributed by atoms with E-state index in [0.717, 1.165) is 20.3 Å². The summed E-state index contributed by atoms with van der Waals surface area (Å²) < 4.78 is 1.98. The van der Waals surface area contributed by atoms with Gasteiger partial charge in [0.25, 0.3) is 0 Å². The van der Waals surface area contributed by atoms with Crippen LogP contribution in [0.15, 0.2) is 0 Å². The van der Waals surface area contributed by atoms with Crippen molar-refractivity contribution in [2.45, 2.75) is 26.7 Å². The van der Waals surface area contributed by atoms with E-state index in [1.165, 1.54) is 0 Å². The van der Waals surface area contributed by atoms with Crippen LogP contribution in [0.1, 0.15) is 26.7 Å². The lowest BCUT2D eigenvalue weighted by Gasteiger charge is -2.10. The van der Waals surface area contributed by atoms with Gasteiger partial charge in [-0.2, -0.15) is 0 Å². The van der Waals surface area contributed by atoms with E-state index >= 15 is 0 Å². The minimum absolute atomic E-state index is 0.497. The van der Waals surface area contributed by atoms with Gasteiger partial charge >= 0.3 is 0 Å². The maximum absolute atomic E-state index is 5.68. The molecule has 0 saturated carbocycles. The van der Waals surface area contributed by atoms with Crippen LogP contribution in [0.3, 0.4) is 0 Å². The largest absolute Gasteiger partial charge is 0.253 e. The zero-order valence-corrected chi connectivity index (χ0v) is 11.8. The Morgan fingerprint density at radius 3 is 2.08 bits per heavy atom. The number of hydrogen-bond acceptors (Lipinski definition) is 0. The molecule has 0 radical (unpaired) electrons. The van der Waals surface area contributed by atoms with E-state index in [1.807, 2.05) is 0 Å². The van der Waals surface area contributed by atoms with E-state index < -0.39 is 0 Å². The SMILES string of the molecule is CC(CC(=[NH2+])I)CC(C)C(=[NH2+])I. The summed E-state index contributed by atoms with van der Waals surface area (Å²) in [5.41, 5.74) is 0. The molecule has 12 heavy (non-hydrogen) atoms. The van der Waals surface area contributed by atoms with Gasteiger partial charge in [-0.1, -0.05) is 13.8 Å². The van der Waals surface area contributed by atoms with Gasteiger partial charge in [-0.3, -0.25) is 10.8 Å². The Morgan fingerprint density at radius 2 is 1.75 bits per heavy atom. The predicted molar refractivity (Wildman–Crippen MR) is 69.5 cm³/mol. The molecule has 70 valence electrons. The third kappa shape index (κ3) is 6.33. The first-order chi connectivity index (χ1) is 5.43. The average molecular weight is 394 g/mol. The first kappa shape index (κ1) is 12.8. The molecule has 0 saturated heterocycles. The van der Waals surface area contributed by atoms with Crippen LogP contribution in [0, 0.1) is 11.8 Å². The average Bonchev–Trinajstić information content (AvgIpc) is 1.84. The van der Waals surface area contributed by atoms with Crippen LogP contribution in [-0.4, -0.2) is 7.44 Å². The fourth-order valence-corrected chi connectivity index (χ4v) is 2.14. The third-order valence-electron chi connectivity index (χ3n) is 1.77. The summed E-state index contributed by atoms with van der Waals surface area (Å²) in [5, 5.41) is 11.3. The number of nitrogens with two attached hydrogens (primary N) is 2. The van der Waals surface area contributed by atoms with Crippen LogP contribution in [0.5, 0.6) is 0 Å². The molecule has 0 amide bonds. The van der Waals surface area contributed by atoms with Gasteiger partial charge in [0, 0.05) is 57.5 Å². The molecule has 0 aromatic heterocycles. The van der Waals surface area contributed by atoms with E-state index in [2.05, 4.69) is 59.0 Å². The molecule has 2 nitrogen and oxygen atoms in total. The van der Waals surface area contributed by atoms with Gasteiger partial charge in [0.05, 0.1) is 0 Å². The molecule has 0 heterocycles. The molecule has 0 aliphatic rings. The standard InChI is InChI=1S/C8H14I2N2/c1-5(4-7(9)11)3-6(2)8(10)12/h5-6,11-12H,3-4H2,1-2H3/p+2. The van der Waals surface area contributed by atoms with Crippen molar-refractivity contribution < 1.29 is 10.8 Å². The first-order valence-electron chi connectivity index (χ1n) is 3.98. The summed E-state index contributed by atoms with van der Waals surface area (Å²) in [6.07, 6.45) is 2.12. The van der Waals surface area contributed by atoms with Crippen molar-refractivity contribution in [3.63, 3.8) is 0 Å². The molecule has 0 aromatic rings. The van der Waals surface area contributed by atoms with Gasteiger partial charge in [-0.15, -0.1) is 0 Å². The molecule has 0 bridgehead atoms. The highest BCUT2D eigenvalue weighted by Gasteiger charge is 2.16. The lowest BCUT2D eigenvalue weighted by Crippen LogP contribution is -2.40. The Labute approximate surface area is 101 Å². The summed E-state index contributed by atoms with van der Waals surface area (Å²) in [7, 11) is 0. The lowest BCUT2D eigenvalue weighted by atomic mass is 9.96. The summed E-state index contributed by atoms with van der Waals surface area (Å²) in [6.45, 7) is 4.36. The Balaban J connectivity index is 3.76. The van der Waals surface area contributed by atoms with Crippen LogP contribution >= 0.6 is 45.2 Å². The molecule has 0 aromatic carbocycles. The second-order valence-corrected chi connectivity index (χ2v) is 5.91. The molecule has 4 heteroatoms. The Morgan fingerprint density at radius 1 is 1.25 bits per heavy atom. The van der Waals surface area contributed by atoms with E-state index in [0.29, 0.717) is 11.8 Å². The van der Waals surface area contributed by atoms with Crippen molar-refractivity contribution in [2.24, 2.45) is 11.8 Å². The Hall–Kier alpha value is 0.800. The predicted octanol–water partition coefficient (Wildman–Crippen LogP) is 0.224. The number of rotatable bonds is 5. The van der Waals surface area contributed by atoms with Crippen molar-refractivity contribution in [3.05, 3.63) is 0 Å². The minimum atomic E-state index is 0.497. The quantitative estimate of drug-likeness (QED) is 0.496. The van der Waals surface area contributed by atoms with E-state index in [4.69, 9.17) is 10.8 Å². The Kier molecular flexibility index (Phi) is 6.70. The third-order valence-corrected chi connectivity index (χ3v) is 3.27. The van der Waals surface area contributed by atoms with Gasteiger partial charge in [0.15, 0.2) is 0 Å². The maximum atomic E-state index is 5.68. The molecule has 0 rings (SSSR count). The molecule has 0 fully saturated rings. The van der Waals surface area contributed by atoms with Crippen LogP contribution in [-0.2, 0) is 0 Å². The van der Waals surface area contributed by atoms with Crippen LogP contribution in [0.25, 0.3) is 0 Å². The Bertz CT molecular complexity index is 180. The molecule has 2 unspecified atom stereocenters. The molecule has 2 atom stereocenters. The van der Waals surface area contributed by atoms with Gasteiger partial charge < -0.3 is 0 Å². The van der Waals surface area contributed by atoms with Gasteiger partial charge in [-0.05, 0) is 12.3 Å². The van der Waals surface area contributed by atoms with E-state index in [9.17, 15) is 0 Å².